The van der Waals surface area contributed by atoms with Crippen molar-refractivity contribution in [3.05, 3.63) is 18.2 Å². The molecule has 5 nitrogen and oxygen atoms in total. The van der Waals surface area contributed by atoms with Crippen LogP contribution in [-0.4, -0.2) is 27.8 Å². The van der Waals surface area contributed by atoms with Gasteiger partial charge in [0.25, 0.3) is 0 Å². The van der Waals surface area contributed by atoms with E-state index in [4.69, 9.17) is 4.74 Å². The number of hydrogen-bond acceptors (Lipinski definition) is 3. The molecular formula is C12H17N3O2. The van der Waals surface area contributed by atoms with Crippen LogP contribution in [0, 0.1) is 11.8 Å². The van der Waals surface area contributed by atoms with Crippen LogP contribution in [0.15, 0.2) is 12.4 Å². The molecule has 92 valence electrons. The first-order valence-electron chi connectivity index (χ1n) is 5.31. The minimum absolute atomic E-state index is 0.238. The van der Waals surface area contributed by atoms with Crippen molar-refractivity contribution in [1.82, 2.24) is 14.9 Å². The molecule has 1 aromatic heterocycles. The Morgan fingerprint density at radius 1 is 1.59 bits per heavy atom. The van der Waals surface area contributed by atoms with E-state index in [1.165, 1.54) is 0 Å². The molecule has 1 amide bonds. The van der Waals surface area contributed by atoms with Gasteiger partial charge in [-0.15, -0.1) is 0 Å². The summed E-state index contributed by atoms with van der Waals surface area (Å²) < 4.78 is 6.87. The minimum atomic E-state index is -0.489. The van der Waals surface area contributed by atoms with Crippen molar-refractivity contribution in [1.29, 1.82) is 0 Å². The summed E-state index contributed by atoms with van der Waals surface area (Å²) in [6.07, 6.45) is 3.02. The van der Waals surface area contributed by atoms with Gasteiger partial charge in [-0.2, -0.15) is 0 Å². The monoisotopic (exact) mass is 235 g/mol. The Kier molecular flexibility index (Phi) is 4.16. The van der Waals surface area contributed by atoms with Gasteiger partial charge >= 0.3 is 6.09 Å². The first-order chi connectivity index (χ1) is 7.88. The van der Waals surface area contributed by atoms with Gasteiger partial charge in [0.15, 0.2) is 5.82 Å². The molecule has 17 heavy (non-hydrogen) atoms. The lowest BCUT2D eigenvalue weighted by Gasteiger charge is -2.18. The second-order valence-electron chi connectivity index (χ2n) is 4.52. The van der Waals surface area contributed by atoms with Crippen molar-refractivity contribution in [2.75, 3.05) is 6.54 Å². The first kappa shape index (κ1) is 13.1. The Labute approximate surface area is 101 Å². The van der Waals surface area contributed by atoms with Crippen LogP contribution in [0.4, 0.5) is 4.79 Å². The fourth-order valence-electron chi connectivity index (χ4n) is 1.04. The van der Waals surface area contributed by atoms with Crippen LogP contribution in [0.5, 0.6) is 0 Å². The maximum Gasteiger partial charge on any atom is 0.408 e. The molecule has 0 aromatic carbocycles. The second kappa shape index (κ2) is 5.39. The summed E-state index contributed by atoms with van der Waals surface area (Å²) in [5.41, 5.74) is -0.489. The summed E-state index contributed by atoms with van der Waals surface area (Å²) in [5, 5.41) is 2.55. The Balaban J connectivity index is 2.36. The van der Waals surface area contributed by atoms with Gasteiger partial charge < -0.3 is 14.6 Å². The molecule has 0 spiro atoms. The highest BCUT2D eigenvalue weighted by molar-refractivity contribution is 5.68. The van der Waals surface area contributed by atoms with Crippen molar-refractivity contribution < 1.29 is 9.53 Å². The van der Waals surface area contributed by atoms with Gasteiger partial charge in [-0.05, 0) is 26.7 Å². The second-order valence-corrected chi connectivity index (χ2v) is 4.52. The van der Waals surface area contributed by atoms with Crippen LogP contribution in [0.2, 0.25) is 0 Å². The fourth-order valence-corrected chi connectivity index (χ4v) is 1.04. The number of alkyl carbamates (subject to hydrolysis) is 1. The van der Waals surface area contributed by atoms with Gasteiger partial charge in [0.1, 0.15) is 5.60 Å². The minimum Gasteiger partial charge on any atom is -0.444 e. The highest BCUT2D eigenvalue weighted by Gasteiger charge is 2.14. The van der Waals surface area contributed by atoms with Gasteiger partial charge in [0.05, 0.1) is 6.54 Å². The van der Waals surface area contributed by atoms with Crippen LogP contribution in [0.25, 0.3) is 0 Å². The van der Waals surface area contributed by atoms with Crippen molar-refractivity contribution >= 4 is 6.09 Å². The zero-order chi connectivity index (χ0) is 12.9. The topological polar surface area (TPSA) is 56.2 Å². The van der Waals surface area contributed by atoms with Gasteiger partial charge in [-0.1, -0.05) is 5.92 Å². The number of hydrogen-bond donors (Lipinski definition) is 1. The van der Waals surface area contributed by atoms with E-state index in [1.807, 2.05) is 34.0 Å². The van der Waals surface area contributed by atoms with E-state index >= 15 is 0 Å². The number of nitrogens with zero attached hydrogens (tertiary/aromatic N) is 2. The van der Waals surface area contributed by atoms with Gasteiger partial charge in [-0.25, -0.2) is 9.78 Å². The maximum atomic E-state index is 11.3. The third kappa shape index (κ3) is 5.07. The Bertz CT molecular complexity index is 446. The third-order valence-electron chi connectivity index (χ3n) is 1.74. The lowest BCUT2D eigenvalue weighted by atomic mass is 10.2. The van der Waals surface area contributed by atoms with E-state index < -0.39 is 11.7 Å². The smallest absolute Gasteiger partial charge is 0.408 e. The number of imidazole rings is 1. The molecule has 1 rings (SSSR count). The molecular weight excluding hydrogens is 218 g/mol. The van der Waals surface area contributed by atoms with Gasteiger partial charge in [-0.3, -0.25) is 0 Å². The molecule has 0 unspecified atom stereocenters. The number of aromatic nitrogens is 2. The van der Waals surface area contributed by atoms with Gasteiger partial charge in [0, 0.05) is 19.4 Å². The highest BCUT2D eigenvalue weighted by Crippen LogP contribution is 2.05. The molecule has 0 fully saturated rings. The molecule has 0 radical (unpaired) electrons. The van der Waals surface area contributed by atoms with E-state index in [0.29, 0.717) is 5.82 Å². The van der Waals surface area contributed by atoms with Crippen molar-refractivity contribution in [2.24, 2.45) is 7.05 Å². The summed E-state index contributed by atoms with van der Waals surface area (Å²) in [7, 11) is 1.86. The number of rotatable bonds is 1. The van der Waals surface area contributed by atoms with E-state index in [9.17, 15) is 4.79 Å². The zero-order valence-corrected chi connectivity index (χ0v) is 10.6. The van der Waals surface area contributed by atoms with E-state index in [-0.39, 0.29) is 6.54 Å². The van der Waals surface area contributed by atoms with Crippen LogP contribution in [-0.2, 0) is 11.8 Å². The lowest BCUT2D eigenvalue weighted by molar-refractivity contribution is 0.0535. The summed E-state index contributed by atoms with van der Waals surface area (Å²) in [4.78, 5) is 15.3. The molecule has 0 aliphatic carbocycles. The molecule has 1 aromatic rings. The fraction of sp³-hybridized carbons (Fsp3) is 0.500. The Morgan fingerprint density at radius 2 is 2.29 bits per heavy atom. The molecule has 1 N–H and O–H groups in total. The van der Waals surface area contributed by atoms with E-state index in [2.05, 4.69) is 22.1 Å². The lowest BCUT2D eigenvalue weighted by Crippen LogP contribution is -2.32. The summed E-state index contributed by atoms with van der Waals surface area (Å²) in [6, 6.07) is 0. The summed E-state index contributed by atoms with van der Waals surface area (Å²) in [5.74, 6) is 6.31. The van der Waals surface area contributed by atoms with E-state index in [1.54, 1.807) is 10.8 Å². The largest absolute Gasteiger partial charge is 0.444 e. The van der Waals surface area contributed by atoms with Crippen LogP contribution in [0.1, 0.15) is 26.6 Å². The molecule has 0 aliphatic rings. The highest BCUT2D eigenvalue weighted by atomic mass is 16.6. The standard InChI is InChI=1S/C12H17N3O2/c1-12(2,3)17-11(16)14-7-5-6-10-13-8-9-15(10)4/h8-9H,7H2,1-4H3,(H,14,16). The molecule has 0 bridgehead atoms. The average Bonchev–Trinajstić information content (AvgIpc) is 2.56. The number of carbonyl (C=O) groups excluding carboxylic acids is 1. The maximum absolute atomic E-state index is 11.3. The van der Waals surface area contributed by atoms with Crippen LogP contribution >= 0.6 is 0 Å². The van der Waals surface area contributed by atoms with Crippen LogP contribution < -0.4 is 5.32 Å². The molecule has 0 atom stereocenters. The molecule has 5 heteroatoms. The molecule has 0 saturated heterocycles. The first-order valence-corrected chi connectivity index (χ1v) is 5.31. The van der Waals surface area contributed by atoms with Crippen molar-refractivity contribution in [3.63, 3.8) is 0 Å². The number of amides is 1. The molecule has 0 saturated carbocycles. The zero-order valence-electron chi connectivity index (χ0n) is 10.6. The quantitative estimate of drug-likeness (QED) is 0.746. The number of carbonyl (C=O) groups is 1. The van der Waals surface area contributed by atoms with Gasteiger partial charge in [0.2, 0.25) is 0 Å². The number of ether oxygens (including phenoxy) is 1. The Hall–Kier alpha value is -1.96. The van der Waals surface area contributed by atoms with Crippen LogP contribution in [0.3, 0.4) is 0 Å². The predicted octanol–water partition coefficient (Wildman–Crippen LogP) is 1.30. The number of nitrogens with one attached hydrogen (secondary N) is 1. The Morgan fingerprint density at radius 3 is 2.82 bits per heavy atom. The molecule has 1 heterocycles. The number of aryl methyl sites for hydroxylation is 1. The van der Waals surface area contributed by atoms with E-state index in [0.717, 1.165) is 0 Å². The molecule has 0 aliphatic heterocycles. The van der Waals surface area contributed by atoms with Crippen molar-refractivity contribution in [2.45, 2.75) is 26.4 Å². The average molecular weight is 235 g/mol. The SMILES string of the molecule is Cn1ccnc1C#CCNC(=O)OC(C)(C)C. The summed E-state index contributed by atoms with van der Waals surface area (Å²) in [6.45, 7) is 5.67. The predicted molar refractivity (Wildman–Crippen MR) is 64.3 cm³/mol. The third-order valence-corrected chi connectivity index (χ3v) is 1.74. The normalized spacial score (nSPS) is 10.4. The summed E-state index contributed by atoms with van der Waals surface area (Å²) >= 11 is 0. The van der Waals surface area contributed by atoms with Crippen molar-refractivity contribution in [3.8, 4) is 11.8 Å².